The molecule has 1 amide bonds. The molecule has 1 aliphatic carbocycles. The van der Waals surface area contributed by atoms with Gasteiger partial charge in [0.05, 0.1) is 6.10 Å². The summed E-state index contributed by atoms with van der Waals surface area (Å²) in [6.45, 7) is 2.00. The van der Waals surface area contributed by atoms with Crippen LogP contribution in [-0.2, 0) is 4.79 Å². The molecule has 0 spiro atoms. The van der Waals surface area contributed by atoms with Crippen LogP contribution in [0.5, 0.6) is 0 Å². The van der Waals surface area contributed by atoms with Crippen molar-refractivity contribution in [2.24, 2.45) is 0 Å². The highest BCUT2D eigenvalue weighted by Crippen LogP contribution is 2.37. The van der Waals surface area contributed by atoms with Gasteiger partial charge in [0, 0.05) is 6.54 Å². The van der Waals surface area contributed by atoms with Crippen LogP contribution >= 0.6 is 15.9 Å². The van der Waals surface area contributed by atoms with Gasteiger partial charge in [-0.1, -0.05) is 28.8 Å². The van der Waals surface area contributed by atoms with E-state index in [2.05, 4.69) is 21.2 Å². The minimum Gasteiger partial charge on any atom is -0.392 e. The van der Waals surface area contributed by atoms with Gasteiger partial charge >= 0.3 is 0 Å². The summed E-state index contributed by atoms with van der Waals surface area (Å²) < 4.78 is -0.359. The number of rotatable bonds is 3. The fraction of sp³-hybridized carbons (Fsp3) is 0.889. The number of carbonyl (C=O) groups is 1. The number of carbonyl (C=O) groups excluding carboxylic acids is 1. The number of halogens is 1. The Hall–Kier alpha value is -0.0900. The molecule has 0 aromatic carbocycles. The standard InChI is InChI=1S/C9H16BrNO2/c1-7(12)6-11-8(13)9(10)4-2-3-5-9/h7,12H,2-6H2,1H3,(H,11,13)/t7-/m1/s1. The Morgan fingerprint density at radius 1 is 1.62 bits per heavy atom. The summed E-state index contributed by atoms with van der Waals surface area (Å²) >= 11 is 3.47. The van der Waals surface area contributed by atoms with Crippen molar-refractivity contribution in [3.05, 3.63) is 0 Å². The molecule has 4 heteroatoms. The second-order valence-electron chi connectivity index (χ2n) is 3.73. The SMILES string of the molecule is C[C@@H](O)CNC(=O)C1(Br)CCCC1. The third-order valence-electron chi connectivity index (χ3n) is 2.36. The number of amides is 1. The summed E-state index contributed by atoms with van der Waals surface area (Å²) in [7, 11) is 0. The van der Waals surface area contributed by atoms with E-state index in [1.807, 2.05) is 0 Å². The highest BCUT2D eigenvalue weighted by molar-refractivity contribution is 9.10. The average molecular weight is 250 g/mol. The molecule has 0 aromatic rings. The first-order valence-electron chi connectivity index (χ1n) is 4.70. The van der Waals surface area contributed by atoms with Crippen molar-refractivity contribution in [1.29, 1.82) is 0 Å². The predicted octanol–water partition coefficient (Wildman–Crippen LogP) is 1.19. The van der Waals surface area contributed by atoms with Gasteiger partial charge in [-0.25, -0.2) is 0 Å². The molecule has 1 rings (SSSR count). The number of hydrogen-bond acceptors (Lipinski definition) is 2. The van der Waals surface area contributed by atoms with Crippen molar-refractivity contribution < 1.29 is 9.90 Å². The quantitative estimate of drug-likeness (QED) is 0.739. The lowest BCUT2D eigenvalue weighted by Gasteiger charge is -2.20. The Morgan fingerprint density at radius 3 is 2.62 bits per heavy atom. The Kier molecular flexibility index (Phi) is 3.74. The van der Waals surface area contributed by atoms with Crippen molar-refractivity contribution in [1.82, 2.24) is 5.32 Å². The number of nitrogens with one attached hydrogen (secondary N) is 1. The van der Waals surface area contributed by atoms with E-state index in [-0.39, 0.29) is 10.2 Å². The zero-order valence-corrected chi connectivity index (χ0v) is 9.43. The molecule has 0 radical (unpaired) electrons. The van der Waals surface area contributed by atoms with Crippen LogP contribution in [0.25, 0.3) is 0 Å². The lowest BCUT2D eigenvalue weighted by Crippen LogP contribution is -2.42. The summed E-state index contributed by atoms with van der Waals surface area (Å²) in [5.74, 6) is 0.0194. The normalized spacial score (nSPS) is 22.7. The summed E-state index contributed by atoms with van der Waals surface area (Å²) in [5.41, 5.74) is 0. The molecule has 0 heterocycles. The van der Waals surface area contributed by atoms with Gasteiger partial charge in [-0.15, -0.1) is 0 Å². The second kappa shape index (κ2) is 4.42. The molecule has 1 fully saturated rings. The molecule has 1 saturated carbocycles. The molecule has 0 bridgehead atoms. The van der Waals surface area contributed by atoms with Gasteiger partial charge in [0.25, 0.3) is 0 Å². The molecule has 0 unspecified atom stereocenters. The van der Waals surface area contributed by atoms with E-state index in [9.17, 15) is 4.79 Å². The van der Waals surface area contributed by atoms with Crippen LogP contribution in [0.15, 0.2) is 0 Å². The third-order valence-corrected chi connectivity index (χ3v) is 3.51. The minimum atomic E-state index is -0.471. The zero-order valence-electron chi connectivity index (χ0n) is 7.85. The lowest BCUT2D eigenvalue weighted by atomic mass is 10.1. The minimum absolute atomic E-state index is 0.0194. The van der Waals surface area contributed by atoms with Crippen molar-refractivity contribution in [2.45, 2.75) is 43.0 Å². The number of hydrogen-bond donors (Lipinski definition) is 2. The Morgan fingerprint density at radius 2 is 2.15 bits per heavy atom. The van der Waals surface area contributed by atoms with E-state index in [4.69, 9.17) is 5.11 Å². The summed E-state index contributed by atoms with van der Waals surface area (Å²) in [5, 5.41) is 11.7. The highest BCUT2D eigenvalue weighted by Gasteiger charge is 2.38. The molecule has 1 atom stereocenters. The van der Waals surface area contributed by atoms with Gasteiger partial charge in [-0.05, 0) is 19.8 Å². The van der Waals surface area contributed by atoms with Crippen LogP contribution in [0.4, 0.5) is 0 Å². The molecule has 3 nitrogen and oxygen atoms in total. The Bertz CT molecular complexity index is 188. The van der Waals surface area contributed by atoms with E-state index in [1.165, 1.54) is 0 Å². The number of alkyl halides is 1. The molecular formula is C9H16BrNO2. The summed E-state index contributed by atoms with van der Waals surface area (Å²) in [6, 6.07) is 0. The van der Waals surface area contributed by atoms with Crippen LogP contribution in [-0.4, -0.2) is 28.0 Å². The number of aliphatic hydroxyl groups excluding tert-OH is 1. The molecule has 1 aliphatic rings. The van der Waals surface area contributed by atoms with Crippen LogP contribution in [0, 0.1) is 0 Å². The van der Waals surface area contributed by atoms with Gasteiger partial charge in [-0.2, -0.15) is 0 Å². The molecule has 13 heavy (non-hydrogen) atoms. The van der Waals surface area contributed by atoms with Crippen molar-refractivity contribution in [3.8, 4) is 0 Å². The molecular weight excluding hydrogens is 234 g/mol. The van der Waals surface area contributed by atoms with Gasteiger partial charge in [-0.3, -0.25) is 4.79 Å². The van der Waals surface area contributed by atoms with E-state index < -0.39 is 6.10 Å². The maximum Gasteiger partial charge on any atom is 0.236 e. The second-order valence-corrected chi connectivity index (χ2v) is 5.25. The van der Waals surface area contributed by atoms with E-state index >= 15 is 0 Å². The Labute approximate surface area is 87.0 Å². The van der Waals surface area contributed by atoms with E-state index in [1.54, 1.807) is 6.92 Å². The largest absolute Gasteiger partial charge is 0.392 e. The molecule has 0 aliphatic heterocycles. The van der Waals surface area contributed by atoms with Crippen molar-refractivity contribution >= 4 is 21.8 Å². The fourth-order valence-corrected chi connectivity index (χ4v) is 2.26. The summed E-state index contributed by atoms with van der Waals surface area (Å²) in [4.78, 5) is 11.6. The average Bonchev–Trinajstić information content (AvgIpc) is 2.49. The molecule has 2 N–H and O–H groups in total. The van der Waals surface area contributed by atoms with Gasteiger partial charge in [0.15, 0.2) is 0 Å². The van der Waals surface area contributed by atoms with E-state index in [0.717, 1.165) is 25.7 Å². The Balaban J connectivity index is 2.38. The first-order valence-corrected chi connectivity index (χ1v) is 5.49. The first-order chi connectivity index (χ1) is 6.04. The molecule has 0 aromatic heterocycles. The van der Waals surface area contributed by atoms with Gasteiger partial charge in [0.2, 0.25) is 5.91 Å². The van der Waals surface area contributed by atoms with Crippen LogP contribution in [0.1, 0.15) is 32.6 Å². The zero-order chi connectivity index (χ0) is 9.90. The van der Waals surface area contributed by atoms with Crippen molar-refractivity contribution in [3.63, 3.8) is 0 Å². The topological polar surface area (TPSA) is 49.3 Å². The summed E-state index contributed by atoms with van der Waals surface area (Å²) in [6.07, 6.45) is 3.54. The van der Waals surface area contributed by atoms with Crippen LogP contribution < -0.4 is 5.32 Å². The van der Waals surface area contributed by atoms with Crippen molar-refractivity contribution in [2.75, 3.05) is 6.54 Å². The highest BCUT2D eigenvalue weighted by atomic mass is 79.9. The number of aliphatic hydroxyl groups is 1. The first kappa shape index (κ1) is 11.0. The maximum atomic E-state index is 11.6. The van der Waals surface area contributed by atoms with Crippen LogP contribution in [0.2, 0.25) is 0 Å². The predicted molar refractivity (Wildman–Crippen MR) is 54.8 cm³/mol. The van der Waals surface area contributed by atoms with Crippen LogP contribution in [0.3, 0.4) is 0 Å². The van der Waals surface area contributed by atoms with E-state index in [0.29, 0.717) is 6.54 Å². The smallest absolute Gasteiger partial charge is 0.236 e. The maximum absolute atomic E-state index is 11.6. The van der Waals surface area contributed by atoms with Gasteiger partial charge in [0.1, 0.15) is 4.32 Å². The third kappa shape index (κ3) is 2.95. The van der Waals surface area contributed by atoms with Gasteiger partial charge < -0.3 is 10.4 Å². The fourth-order valence-electron chi connectivity index (χ4n) is 1.56. The monoisotopic (exact) mass is 249 g/mol. The molecule has 0 saturated heterocycles. The molecule has 76 valence electrons. The lowest BCUT2D eigenvalue weighted by molar-refractivity contribution is -0.123.